The highest BCUT2D eigenvalue weighted by Crippen LogP contribution is 2.28. The van der Waals surface area contributed by atoms with Gasteiger partial charge in [0.25, 0.3) is 0 Å². The number of rotatable bonds is 3. The highest BCUT2D eigenvalue weighted by molar-refractivity contribution is 6.62. The minimum atomic E-state index is -0.453. The van der Waals surface area contributed by atoms with Gasteiger partial charge in [0.2, 0.25) is 5.91 Å². The first-order valence-electron chi connectivity index (χ1n) is 5.78. The molecule has 0 saturated heterocycles. The van der Waals surface area contributed by atoms with Crippen LogP contribution < -0.4 is 4.90 Å². The molecule has 0 unspecified atom stereocenters. The smallest absolute Gasteiger partial charge is 0.316 e. The topological polar surface area (TPSA) is 40.6 Å². The molecule has 4 nitrogen and oxygen atoms in total. The van der Waals surface area contributed by atoms with Crippen LogP contribution in [-0.2, 0) is 17.6 Å². The van der Waals surface area contributed by atoms with Crippen molar-refractivity contribution in [3.63, 3.8) is 0 Å². The van der Waals surface area contributed by atoms with Gasteiger partial charge in [-0.05, 0) is 35.2 Å². The largest absolute Gasteiger partial charge is 0.332 e. The third-order valence-electron chi connectivity index (χ3n) is 3.26. The minimum absolute atomic E-state index is 0.121. The minimum Gasteiger partial charge on any atom is -0.332 e. The van der Waals surface area contributed by atoms with Crippen molar-refractivity contribution in [2.24, 2.45) is 0 Å². The molecule has 1 heterocycles. The lowest BCUT2D eigenvalue weighted by Crippen LogP contribution is -2.23. The maximum Gasteiger partial charge on any atom is 0.316 e. The number of hydrogen-bond donors (Lipinski definition) is 0. The van der Waals surface area contributed by atoms with E-state index in [-0.39, 0.29) is 5.91 Å². The van der Waals surface area contributed by atoms with Crippen molar-refractivity contribution < 1.29 is 9.59 Å². The maximum atomic E-state index is 11.6. The number of likely N-dealkylation sites (N-methyl/N-ethyl adjacent to an activating group) is 2. The number of amides is 2. The number of hydrogen-bond acceptors (Lipinski definition) is 2. The molecular weight excluding hydrogens is 252 g/mol. The average Bonchev–Trinajstić information content (AvgIpc) is 2.61. The van der Waals surface area contributed by atoms with E-state index in [4.69, 9.17) is 11.6 Å². The van der Waals surface area contributed by atoms with Crippen molar-refractivity contribution in [3.8, 4) is 0 Å². The first kappa shape index (κ1) is 12.9. The van der Waals surface area contributed by atoms with Crippen molar-refractivity contribution in [1.29, 1.82) is 0 Å². The Bertz CT molecular complexity index is 502. The van der Waals surface area contributed by atoms with Gasteiger partial charge in [-0.2, -0.15) is 0 Å². The Labute approximate surface area is 111 Å². The standard InChI is InChI=1S/C13H15ClN2O2/c1-15(13(14)18)6-5-9-3-4-11-10(7-9)8-12(17)16(11)2/h3-4,7H,5-6,8H2,1-2H3. The van der Waals surface area contributed by atoms with Crippen LogP contribution in [0.1, 0.15) is 11.1 Å². The summed E-state index contributed by atoms with van der Waals surface area (Å²) >= 11 is 5.36. The first-order valence-corrected chi connectivity index (χ1v) is 6.16. The lowest BCUT2D eigenvalue weighted by atomic mass is 10.1. The summed E-state index contributed by atoms with van der Waals surface area (Å²) in [4.78, 5) is 25.6. The number of halogens is 1. The van der Waals surface area contributed by atoms with Crippen molar-refractivity contribution in [2.75, 3.05) is 25.5 Å². The van der Waals surface area contributed by atoms with Crippen LogP contribution in [0.3, 0.4) is 0 Å². The van der Waals surface area contributed by atoms with E-state index in [2.05, 4.69) is 0 Å². The zero-order valence-electron chi connectivity index (χ0n) is 10.4. The van der Waals surface area contributed by atoms with Crippen molar-refractivity contribution in [3.05, 3.63) is 29.3 Å². The van der Waals surface area contributed by atoms with Crippen LogP contribution in [0, 0.1) is 0 Å². The Morgan fingerprint density at radius 1 is 1.50 bits per heavy atom. The zero-order chi connectivity index (χ0) is 13.3. The van der Waals surface area contributed by atoms with Gasteiger partial charge < -0.3 is 9.80 Å². The summed E-state index contributed by atoms with van der Waals surface area (Å²) in [6.07, 6.45) is 1.20. The van der Waals surface area contributed by atoms with Gasteiger partial charge in [-0.15, -0.1) is 0 Å². The first-order chi connectivity index (χ1) is 8.49. The van der Waals surface area contributed by atoms with E-state index in [1.165, 1.54) is 4.90 Å². The number of anilines is 1. The van der Waals surface area contributed by atoms with Gasteiger partial charge in [0, 0.05) is 26.3 Å². The van der Waals surface area contributed by atoms with E-state index in [1.54, 1.807) is 19.0 Å². The molecule has 0 saturated carbocycles. The molecule has 2 rings (SSSR count). The Morgan fingerprint density at radius 2 is 2.22 bits per heavy atom. The molecule has 1 aromatic carbocycles. The van der Waals surface area contributed by atoms with Crippen LogP contribution in [0.25, 0.3) is 0 Å². The third-order valence-corrected chi connectivity index (χ3v) is 3.55. The molecule has 0 radical (unpaired) electrons. The fraction of sp³-hybridized carbons (Fsp3) is 0.385. The van der Waals surface area contributed by atoms with Gasteiger partial charge in [0.05, 0.1) is 6.42 Å². The molecule has 0 aliphatic carbocycles. The molecule has 96 valence electrons. The van der Waals surface area contributed by atoms with E-state index >= 15 is 0 Å². The van der Waals surface area contributed by atoms with Crippen LogP contribution in [0.4, 0.5) is 10.5 Å². The Hall–Kier alpha value is -1.55. The lowest BCUT2D eigenvalue weighted by molar-refractivity contribution is -0.117. The molecular formula is C13H15ClN2O2. The molecule has 0 N–H and O–H groups in total. The molecule has 18 heavy (non-hydrogen) atoms. The number of carbonyl (C=O) groups excluding carboxylic acids is 2. The summed E-state index contributed by atoms with van der Waals surface area (Å²) in [6.45, 7) is 0.574. The molecule has 0 spiro atoms. The third kappa shape index (κ3) is 2.48. The van der Waals surface area contributed by atoms with Crippen molar-refractivity contribution >= 4 is 28.6 Å². The summed E-state index contributed by atoms with van der Waals surface area (Å²) in [5.41, 5.74) is 3.15. The van der Waals surface area contributed by atoms with E-state index in [0.717, 1.165) is 23.2 Å². The highest BCUT2D eigenvalue weighted by atomic mass is 35.5. The Kier molecular flexibility index (Phi) is 3.57. The summed E-state index contributed by atoms with van der Waals surface area (Å²) in [5.74, 6) is 0.121. The van der Waals surface area contributed by atoms with Gasteiger partial charge in [-0.3, -0.25) is 9.59 Å². The SMILES string of the molecule is CN(CCc1ccc2c(c1)CC(=O)N2C)C(=O)Cl. The molecule has 5 heteroatoms. The molecule has 0 atom stereocenters. The zero-order valence-corrected chi connectivity index (χ0v) is 11.2. The lowest BCUT2D eigenvalue weighted by Gasteiger charge is -2.14. The second-order valence-corrected chi connectivity index (χ2v) is 4.84. The normalized spacial score (nSPS) is 13.7. The van der Waals surface area contributed by atoms with E-state index < -0.39 is 5.37 Å². The molecule has 0 fully saturated rings. The van der Waals surface area contributed by atoms with Gasteiger partial charge in [-0.1, -0.05) is 12.1 Å². The highest BCUT2D eigenvalue weighted by Gasteiger charge is 2.23. The molecule has 1 aliphatic rings. The van der Waals surface area contributed by atoms with E-state index in [9.17, 15) is 9.59 Å². The van der Waals surface area contributed by atoms with E-state index in [0.29, 0.717) is 13.0 Å². The molecule has 0 aromatic heterocycles. The summed E-state index contributed by atoms with van der Waals surface area (Å²) < 4.78 is 0. The predicted molar refractivity (Wildman–Crippen MR) is 71.1 cm³/mol. The monoisotopic (exact) mass is 266 g/mol. The summed E-state index contributed by atoms with van der Waals surface area (Å²) in [7, 11) is 3.45. The quantitative estimate of drug-likeness (QED) is 0.621. The average molecular weight is 267 g/mol. The Morgan fingerprint density at radius 3 is 2.89 bits per heavy atom. The molecule has 0 bridgehead atoms. The van der Waals surface area contributed by atoms with Gasteiger partial charge >= 0.3 is 5.37 Å². The van der Waals surface area contributed by atoms with Gasteiger partial charge in [-0.25, -0.2) is 0 Å². The predicted octanol–water partition coefficient (Wildman–Crippen LogP) is 2.04. The van der Waals surface area contributed by atoms with Crippen LogP contribution in [-0.4, -0.2) is 36.8 Å². The fourth-order valence-corrected chi connectivity index (χ4v) is 2.15. The second-order valence-electron chi connectivity index (χ2n) is 4.52. The van der Waals surface area contributed by atoms with Crippen molar-refractivity contribution in [1.82, 2.24) is 4.90 Å². The summed E-state index contributed by atoms with van der Waals surface area (Å²) in [5, 5.41) is -0.453. The molecule has 1 aromatic rings. The van der Waals surface area contributed by atoms with Gasteiger partial charge in [0.15, 0.2) is 0 Å². The van der Waals surface area contributed by atoms with Crippen LogP contribution >= 0.6 is 11.6 Å². The number of carbonyl (C=O) groups is 2. The second kappa shape index (κ2) is 4.98. The summed E-state index contributed by atoms with van der Waals surface area (Å²) in [6, 6.07) is 5.97. The van der Waals surface area contributed by atoms with Gasteiger partial charge in [0.1, 0.15) is 0 Å². The molecule has 1 aliphatic heterocycles. The number of benzene rings is 1. The van der Waals surface area contributed by atoms with Crippen molar-refractivity contribution in [2.45, 2.75) is 12.8 Å². The fourth-order valence-electron chi connectivity index (χ4n) is 2.06. The number of fused-ring (bicyclic) bond motifs is 1. The number of nitrogens with zero attached hydrogens (tertiary/aromatic N) is 2. The van der Waals surface area contributed by atoms with Crippen LogP contribution in [0.2, 0.25) is 0 Å². The van der Waals surface area contributed by atoms with E-state index in [1.807, 2.05) is 18.2 Å². The maximum absolute atomic E-state index is 11.6. The molecule has 2 amide bonds. The van der Waals surface area contributed by atoms with Crippen LogP contribution in [0.15, 0.2) is 18.2 Å². The van der Waals surface area contributed by atoms with Crippen LogP contribution in [0.5, 0.6) is 0 Å². The Balaban J connectivity index is 2.07.